The molecule has 0 aliphatic heterocycles. The number of thiophene rings is 1. The number of nitrogens with zero attached hydrogens (tertiary/aromatic N) is 2. The lowest BCUT2D eigenvalue weighted by Crippen LogP contribution is -2.12. The lowest BCUT2D eigenvalue weighted by atomic mass is 10.2. The number of halogens is 2. The average molecular weight is 531 g/mol. The van der Waals surface area contributed by atoms with Gasteiger partial charge in [-0.3, -0.25) is 9.48 Å². The van der Waals surface area contributed by atoms with Crippen molar-refractivity contribution in [1.82, 2.24) is 9.78 Å². The number of anilines is 1. The highest BCUT2D eigenvalue weighted by Crippen LogP contribution is 2.24. The van der Waals surface area contributed by atoms with Crippen molar-refractivity contribution in [3.63, 3.8) is 0 Å². The highest BCUT2D eigenvalue weighted by Gasteiger charge is 2.17. The third-order valence-electron chi connectivity index (χ3n) is 4.96. The maximum Gasteiger partial charge on any atom is 0.265 e. The largest absolute Gasteiger partial charge is 0.489 e. The Balaban J connectivity index is 1.41. The van der Waals surface area contributed by atoms with Gasteiger partial charge >= 0.3 is 0 Å². The zero-order valence-corrected chi connectivity index (χ0v) is 20.7. The third kappa shape index (κ3) is 5.41. The highest BCUT2D eigenvalue weighted by atomic mass is 79.9. The Hall–Kier alpha value is -2.61. The summed E-state index contributed by atoms with van der Waals surface area (Å²) in [6, 6.07) is 17.2. The molecule has 0 atom stereocenters. The van der Waals surface area contributed by atoms with Gasteiger partial charge in [0.25, 0.3) is 5.91 Å². The summed E-state index contributed by atoms with van der Waals surface area (Å²) in [5, 5.41) is 10.2. The number of aromatic nitrogens is 2. The van der Waals surface area contributed by atoms with Gasteiger partial charge in [-0.25, -0.2) is 0 Å². The lowest BCUT2D eigenvalue weighted by Gasteiger charge is -2.07. The Morgan fingerprint density at radius 2 is 1.84 bits per heavy atom. The van der Waals surface area contributed by atoms with Crippen LogP contribution >= 0.6 is 38.9 Å². The number of amides is 1. The van der Waals surface area contributed by atoms with E-state index in [1.54, 1.807) is 12.1 Å². The summed E-state index contributed by atoms with van der Waals surface area (Å²) >= 11 is 10.7. The number of benzene rings is 2. The number of hydrogen-bond acceptors (Lipinski definition) is 4. The molecule has 2 aromatic carbocycles. The summed E-state index contributed by atoms with van der Waals surface area (Å²) in [6.45, 7) is 4.89. The van der Waals surface area contributed by atoms with E-state index in [1.807, 2.05) is 54.2 Å². The Labute approximate surface area is 204 Å². The van der Waals surface area contributed by atoms with Crippen LogP contribution < -0.4 is 10.1 Å². The molecule has 2 heterocycles. The van der Waals surface area contributed by atoms with Crippen LogP contribution in [0.1, 0.15) is 32.2 Å². The molecule has 4 aromatic rings. The minimum absolute atomic E-state index is 0.151. The Morgan fingerprint density at radius 3 is 2.56 bits per heavy atom. The van der Waals surface area contributed by atoms with Crippen LogP contribution in [0, 0.1) is 13.8 Å². The molecular weight excluding hydrogens is 510 g/mol. The van der Waals surface area contributed by atoms with Crippen LogP contribution in [0.3, 0.4) is 0 Å². The van der Waals surface area contributed by atoms with Gasteiger partial charge in [0.1, 0.15) is 12.4 Å². The molecule has 0 unspecified atom stereocenters. The molecular formula is C24H21BrClN3O2S. The smallest absolute Gasteiger partial charge is 0.265 e. The number of ether oxygens (including phenoxy) is 1. The Morgan fingerprint density at radius 1 is 1.12 bits per heavy atom. The Kier molecular flexibility index (Phi) is 6.98. The summed E-state index contributed by atoms with van der Waals surface area (Å²) in [7, 11) is 0. The lowest BCUT2D eigenvalue weighted by molar-refractivity contribution is 0.103. The monoisotopic (exact) mass is 529 g/mol. The molecule has 0 aliphatic carbocycles. The maximum absolute atomic E-state index is 12.9. The van der Waals surface area contributed by atoms with Crippen LogP contribution in [0.25, 0.3) is 0 Å². The molecule has 32 heavy (non-hydrogen) atoms. The second kappa shape index (κ2) is 9.90. The Bertz CT molecular complexity index is 1230. The van der Waals surface area contributed by atoms with Crippen LogP contribution in [0.5, 0.6) is 5.75 Å². The van der Waals surface area contributed by atoms with Gasteiger partial charge in [-0.15, -0.1) is 11.3 Å². The first-order chi connectivity index (χ1) is 15.4. The van der Waals surface area contributed by atoms with E-state index < -0.39 is 0 Å². The number of hydrogen-bond donors (Lipinski definition) is 1. The van der Waals surface area contributed by atoms with Crippen molar-refractivity contribution in [2.45, 2.75) is 27.0 Å². The molecule has 164 valence electrons. The van der Waals surface area contributed by atoms with Gasteiger partial charge in [0.2, 0.25) is 0 Å². The predicted octanol–water partition coefficient (Wildman–Crippen LogP) is 6.86. The van der Waals surface area contributed by atoms with Crippen LogP contribution in [-0.2, 0) is 13.2 Å². The zero-order chi connectivity index (χ0) is 22.7. The zero-order valence-electron chi connectivity index (χ0n) is 17.6. The molecule has 0 saturated heterocycles. The van der Waals surface area contributed by atoms with Gasteiger partial charge in [-0.05, 0) is 67.3 Å². The third-order valence-corrected chi connectivity index (χ3v) is 6.72. The first-order valence-corrected chi connectivity index (χ1v) is 12.0. The van der Waals surface area contributed by atoms with Crippen LogP contribution in [0.2, 0.25) is 5.02 Å². The van der Waals surface area contributed by atoms with Crippen LogP contribution in [0.4, 0.5) is 5.69 Å². The maximum atomic E-state index is 12.9. The number of aryl methyl sites for hydroxylation is 1. The fraction of sp³-hybridized carbons (Fsp3) is 0.167. The van der Waals surface area contributed by atoms with Gasteiger partial charge < -0.3 is 10.1 Å². The topological polar surface area (TPSA) is 56.2 Å². The summed E-state index contributed by atoms with van der Waals surface area (Å²) in [4.78, 5) is 13.5. The van der Waals surface area contributed by atoms with E-state index in [-0.39, 0.29) is 5.91 Å². The molecule has 0 radical (unpaired) electrons. The average Bonchev–Trinajstić information content (AvgIpc) is 3.35. The normalized spacial score (nSPS) is 10.9. The van der Waals surface area contributed by atoms with Crippen molar-refractivity contribution >= 4 is 50.5 Å². The van der Waals surface area contributed by atoms with Gasteiger partial charge in [0, 0.05) is 15.1 Å². The molecule has 2 aromatic heterocycles. The van der Waals surface area contributed by atoms with Gasteiger partial charge in [-0.2, -0.15) is 5.10 Å². The number of carbonyl (C=O) groups excluding carboxylic acids is 1. The van der Waals surface area contributed by atoms with Crippen LogP contribution in [0.15, 0.2) is 64.5 Å². The molecule has 0 aliphatic rings. The standard InChI is InChI=1S/C24H21BrClN3O2S/c1-15-23(16(2)29(28-15)12-17-3-5-19(25)6-4-17)27-24(30)22-11-18(14-32-22)13-31-21-9-7-20(26)8-10-21/h3-11,14H,12-13H2,1-2H3,(H,27,30). The number of nitrogens with one attached hydrogen (secondary N) is 1. The predicted molar refractivity (Wildman–Crippen MR) is 133 cm³/mol. The van der Waals surface area contributed by atoms with Crippen molar-refractivity contribution in [2.24, 2.45) is 0 Å². The SMILES string of the molecule is Cc1nn(Cc2ccc(Br)cc2)c(C)c1NC(=O)c1cc(COc2ccc(Cl)cc2)cs1. The number of carbonyl (C=O) groups is 1. The van der Waals surface area contributed by atoms with Crippen molar-refractivity contribution in [2.75, 3.05) is 5.32 Å². The summed E-state index contributed by atoms with van der Waals surface area (Å²) in [6.07, 6.45) is 0. The molecule has 0 saturated carbocycles. The van der Waals surface area contributed by atoms with Gasteiger partial charge in [0.15, 0.2) is 0 Å². The van der Waals surface area contributed by atoms with Crippen molar-refractivity contribution in [3.8, 4) is 5.75 Å². The van der Waals surface area contributed by atoms with E-state index >= 15 is 0 Å². The van der Waals surface area contributed by atoms with Gasteiger partial charge in [-0.1, -0.05) is 39.7 Å². The van der Waals surface area contributed by atoms with E-state index in [0.29, 0.717) is 23.1 Å². The minimum Gasteiger partial charge on any atom is -0.489 e. The fourth-order valence-electron chi connectivity index (χ4n) is 3.24. The molecule has 5 nitrogen and oxygen atoms in total. The summed E-state index contributed by atoms with van der Waals surface area (Å²) in [5.41, 5.74) is 4.53. The molecule has 1 N–H and O–H groups in total. The van der Waals surface area contributed by atoms with E-state index in [2.05, 4.69) is 38.5 Å². The first-order valence-electron chi connectivity index (χ1n) is 9.94. The number of rotatable bonds is 7. The molecule has 8 heteroatoms. The summed E-state index contributed by atoms with van der Waals surface area (Å²) in [5.74, 6) is 0.582. The molecule has 4 rings (SSSR count). The van der Waals surface area contributed by atoms with E-state index in [1.165, 1.54) is 11.3 Å². The highest BCUT2D eigenvalue weighted by molar-refractivity contribution is 9.10. The van der Waals surface area contributed by atoms with E-state index in [4.69, 9.17) is 16.3 Å². The summed E-state index contributed by atoms with van der Waals surface area (Å²) < 4.78 is 8.71. The second-order valence-corrected chi connectivity index (χ2v) is 9.61. The van der Waals surface area contributed by atoms with Crippen molar-refractivity contribution < 1.29 is 9.53 Å². The van der Waals surface area contributed by atoms with E-state index in [0.717, 1.165) is 38.4 Å². The molecule has 0 spiro atoms. The quantitative estimate of drug-likeness (QED) is 0.284. The van der Waals surface area contributed by atoms with Crippen molar-refractivity contribution in [1.29, 1.82) is 0 Å². The van der Waals surface area contributed by atoms with Gasteiger partial charge in [0.05, 0.1) is 28.5 Å². The van der Waals surface area contributed by atoms with Crippen molar-refractivity contribution in [3.05, 3.63) is 96.9 Å². The van der Waals surface area contributed by atoms with E-state index in [9.17, 15) is 4.79 Å². The van der Waals surface area contributed by atoms with Crippen LogP contribution in [-0.4, -0.2) is 15.7 Å². The molecule has 0 bridgehead atoms. The molecule has 1 amide bonds. The minimum atomic E-state index is -0.151. The fourth-order valence-corrected chi connectivity index (χ4v) is 4.42. The molecule has 0 fully saturated rings. The second-order valence-electron chi connectivity index (χ2n) is 7.35. The first kappa shape index (κ1) is 22.6.